The highest BCUT2D eigenvalue weighted by Crippen LogP contribution is 2.20. The maximum absolute atomic E-state index is 4.41. The average Bonchev–Trinajstić information content (AvgIpc) is 2.87. The van der Waals surface area contributed by atoms with E-state index in [0.717, 1.165) is 24.5 Å². The van der Waals surface area contributed by atoms with Crippen LogP contribution in [-0.2, 0) is 6.42 Å². The second kappa shape index (κ2) is 6.61. The molecule has 0 aliphatic carbocycles. The van der Waals surface area contributed by atoms with Crippen molar-refractivity contribution in [2.75, 3.05) is 6.54 Å². The molecule has 0 aliphatic rings. The summed E-state index contributed by atoms with van der Waals surface area (Å²) in [7, 11) is 0. The van der Waals surface area contributed by atoms with Gasteiger partial charge in [0.25, 0.3) is 0 Å². The lowest BCUT2D eigenvalue weighted by atomic mass is 10.0. The molecule has 20 heavy (non-hydrogen) atoms. The van der Waals surface area contributed by atoms with Crippen molar-refractivity contribution in [3.63, 3.8) is 0 Å². The summed E-state index contributed by atoms with van der Waals surface area (Å²) in [6.45, 7) is 9.32. The summed E-state index contributed by atoms with van der Waals surface area (Å²) < 4.78 is 1.98. The van der Waals surface area contributed by atoms with Gasteiger partial charge in [0.15, 0.2) is 0 Å². The van der Waals surface area contributed by atoms with E-state index in [4.69, 9.17) is 0 Å². The standard InChI is InChI=1S/C15H23N5/c1-5-16-14(13-7-6-8-17-12(13)4)9-15-18-10-19-20(15)11(2)3/h6-8,10-11,14,16H,5,9H2,1-4H3. The Morgan fingerprint density at radius 2 is 2.10 bits per heavy atom. The Labute approximate surface area is 120 Å². The van der Waals surface area contributed by atoms with Crippen LogP contribution in [0.5, 0.6) is 0 Å². The molecule has 0 saturated carbocycles. The van der Waals surface area contributed by atoms with Crippen molar-refractivity contribution in [1.29, 1.82) is 0 Å². The molecule has 5 nitrogen and oxygen atoms in total. The Bertz CT molecular complexity index is 547. The Morgan fingerprint density at radius 3 is 2.75 bits per heavy atom. The van der Waals surface area contributed by atoms with Crippen LogP contribution < -0.4 is 5.32 Å². The molecule has 1 atom stereocenters. The van der Waals surface area contributed by atoms with Crippen molar-refractivity contribution in [2.24, 2.45) is 0 Å². The molecule has 1 N–H and O–H groups in total. The van der Waals surface area contributed by atoms with Crippen LogP contribution in [0.1, 0.15) is 49.9 Å². The number of nitrogens with zero attached hydrogens (tertiary/aromatic N) is 4. The van der Waals surface area contributed by atoms with E-state index in [-0.39, 0.29) is 6.04 Å². The predicted molar refractivity (Wildman–Crippen MR) is 79.5 cm³/mol. The molecule has 1 unspecified atom stereocenters. The van der Waals surface area contributed by atoms with Gasteiger partial charge in [-0.15, -0.1) is 0 Å². The lowest BCUT2D eigenvalue weighted by Gasteiger charge is -2.20. The lowest BCUT2D eigenvalue weighted by molar-refractivity contribution is 0.467. The fraction of sp³-hybridized carbons (Fsp3) is 0.533. The molecule has 0 fully saturated rings. The lowest BCUT2D eigenvalue weighted by Crippen LogP contribution is -2.25. The molecule has 0 aliphatic heterocycles. The zero-order valence-electron chi connectivity index (χ0n) is 12.7. The molecule has 2 rings (SSSR count). The SMILES string of the molecule is CCNC(Cc1ncnn1C(C)C)c1cccnc1C. The summed E-state index contributed by atoms with van der Waals surface area (Å²) in [6.07, 6.45) is 4.28. The molecule has 2 aromatic rings. The highest BCUT2D eigenvalue weighted by atomic mass is 15.3. The van der Waals surface area contributed by atoms with Gasteiger partial charge < -0.3 is 5.32 Å². The minimum atomic E-state index is 0.218. The van der Waals surface area contributed by atoms with E-state index in [1.54, 1.807) is 6.33 Å². The van der Waals surface area contributed by atoms with E-state index in [0.29, 0.717) is 6.04 Å². The minimum Gasteiger partial charge on any atom is -0.310 e. The van der Waals surface area contributed by atoms with Crippen molar-refractivity contribution in [1.82, 2.24) is 25.1 Å². The van der Waals surface area contributed by atoms with Gasteiger partial charge in [-0.1, -0.05) is 13.0 Å². The van der Waals surface area contributed by atoms with E-state index in [1.165, 1.54) is 5.56 Å². The molecule has 0 saturated heterocycles. The molecule has 2 heterocycles. The summed E-state index contributed by atoms with van der Waals surface area (Å²) in [6, 6.07) is 4.66. The van der Waals surface area contributed by atoms with Crippen LogP contribution in [0.3, 0.4) is 0 Å². The van der Waals surface area contributed by atoms with Gasteiger partial charge in [-0.05, 0) is 38.9 Å². The van der Waals surface area contributed by atoms with Crippen molar-refractivity contribution in [2.45, 2.75) is 46.2 Å². The molecule has 2 aromatic heterocycles. The zero-order valence-corrected chi connectivity index (χ0v) is 12.7. The average molecular weight is 273 g/mol. The summed E-state index contributed by atoms with van der Waals surface area (Å²) in [5.74, 6) is 1.01. The third-order valence-corrected chi connectivity index (χ3v) is 3.40. The van der Waals surface area contributed by atoms with Gasteiger partial charge in [0.1, 0.15) is 12.2 Å². The molecule has 0 aromatic carbocycles. The van der Waals surface area contributed by atoms with Crippen molar-refractivity contribution in [3.8, 4) is 0 Å². The third-order valence-electron chi connectivity index (χ3n) is 3.40. The maximum Gasteiger partial charge on any atom is 0.138 e. The Hall–Kier alpha value is -1.75. The second-order valence-corrected chi connectivity index (χ2v) is 5.21. The second-order valence-electron chi connectivity index (χ2n) is 5.21. The summed E-state index contributed by atoms with van der Waals surface area (Å²) >= 11 is 0. The first-order chi connectivity index (χ1) is 9.63. The predicted octanol–water partition coefficient (Wildman–Crippen LogP) is 2.46. The van der Waals surface area contributed by atoms with E-state index in [1.807, 2.05) is 23.9 Å². The van der Waals surface area contributed by atoms with Crippen LogP contribution in [0.15, 0.2) is 24.7 Å². The van der Waals surface area contributed by atoms with Crippen LogP contribution in [0.2, 0.25) is 0 Å². The largest absolute Gasteiger partial charge is 0.310 e. The molecule has 0 radical (unpaired) electrons. The van der Waals surface area contributed by atoms with Gasteiger partial charge >= 0.3 is 0 Å². The topological polar surface area (TPSA) is 55.6 Å². The van der Waals surface area contributed by atoms with Crippen LogP contribution in [0, 0.1) is 6.92 Å². The van der Waals surface area contributed by atoms with Crippen molar-refractivity contribution < 1.29 is 0 Å². The minimum absolute atomic E-state index is 0.218. The van der Waals surface area contributed by atoms with E-state index < -0.39 is 0 Å². The molecular formula is C15H23N5. The fourth-order valence-corrected chi connectivity index (χ4v) is 2.44. The van der Waals surface area contributed by atoms with Gasteiger partial charge in [-0.2, -0.15) is 5.10 Å². The highest BCUT2D eigenvalue weighted by molar-refractivity contribution is 5.23. The van der Waals surface area contributed by atoms with Crippen LogP contribution >= 0.6 is 0 Å². The number of hydrogen-bond acceptors (Lipinski definition) is 4. The smallest absolute Gasteiger partial charge is 0.138 e. The van der Waals surface area contributed by atoms with Gasteiger partial charge in [0.2, 0.25) is 0 Å². The molecule has 0 spiro atoms. The number of likely N-dealkylation sites (N-methyl/N-ethyl adjacent to an activating group) is 1. The first kappa shape index (κ1) is 14.7. The van der Waals surface area contributed by atoms with Gasteiger partial charge in [-0.3, -0.25) is 4.98 Å². The number of rotatable bonds is 6. The Balaban J connectivity index is 2.26. The first-order valence-electron chi connectivity index (χ1n) is 7.16. The van der Waals surface area contributed by atoms with Gasteiger partial charge in [-0.25, -0.2) is 9.67 Å². The zero-order chi connectivity index (χ0) is 14.5. The Morgan fingerprint density at radius 1 is 1.30 bits per heavy atom. The molecular weight excluding hydrogens is 250 g/mol. The van der Waals surface area contributed by atoms with Crippen LogP contribution in [-0.4, -0.2) is 26.3 Å². The van der Waals surface area contributed by atoms with Crippen LogP contribution in [0.4, 0.5) is 0 Å². The number of nitrogens with one attached hydrogen (secondary N) is 1. The number of aryl methyl sites for hydroxylation is 1. The summed E-state index contributed by atoms with van der Waals surface area (Å²) in [4.78, 5) is 8.79. The van der Waals surface area contributed by atoms with E-state index >= 15 is 0 Å². The summed E-state index contributed by atoms with van der Waals surface area (Å²) in [5.41, 5.74) is 2.29. The Kier molecular flexibility index (Phi) is 4.84. The molecule has 0 amide bonds. The number of hydrogen-bond donors (Lipinski definition) is 1. The van der Waals surface area contributed by atoms with Crippen molar-refractivity contribution >= 4 is 0 Å². The van der Waals surface area contributed by atoms with Crippen molar-refractivity contribution in [3.05, 3.63) is 41.7 Å². The van der Waals surface area contributed by atoms with Crippen LogP contribution in [0.25, 0.3) is 0 Å². The summed E-state index contributed by atoms with van der Waals surface area (Å²) in [5, 5.41) is 7.83. The van der Waals surface area contributed by atoms with E-state index in [9.17, 15) is 0 Å². The number of aromatic nitrogens is 4. The first-order valence-corrected chi connectivity index (χ1v) is 7.16. The maximum atomic E-state index is 4.41. The number of pyridine rings is 1. The fourth-order valence-electron chi connectivity index (χ4n) is 2.44. The van der Waals surface area contributed by atoms with E-state index in [2.05, 4.69) is 47.2 Å². The molecule has 108 valence electrons. The monoisotopic (exact) mass is 273 g/mol. The van der Waals surface area contributed by atoms with Gasteiger partial charge in [0, 0.05) is 30.4 Å². The third kappa shape index (κ3) is 3.22. The quantitative estimate of drug-likeness (QED) is 0.878. The highest BCUT2D eigenvalue weighted by Gasteiger charge is 2.18. The molecule has 5 heteroatoms. The normalized spacial score (nSPS) is 12.8. The molecule has 0 bridgehead atoms. The van der Waals surface area contributed by atoms with Gasteiger partial charge in [0.05, 0.1) is 0 Å².